The second kappa shape index (κ2) is 8.55. The Balaban J connectivity index is 2.33. The number of benzene rings is 1. The van der Waals surface area contributed by atoms with E-state index >= 15 is 0 Å². The lowest BCUT2D eigenvalue weighted by Crippen LogP contribution is -2.40. The molecule has 0 aromatic heterocycles. The maximum atomic E-state index is 11.6. The molecule has 1 rings (SSSR count). The maximum absolute atomic E-state index is 11.6. The molecule has 0 fully saturated rings. The van der Waals surface area contributed by atoms with Crippen molar-refractivity contribution in [2.75, 3.05) is 13.7 Å². The summed E-state index contributed by atoms with van der Waals surface area (Å²) in [6.45, 7) is 0.427. The van der Waals surface area contributed by atoms with Crippen LogP contribution < -0.4 is 10.6 Å². The Morgan fingerprint density at radius 1 is 1.33 bits per heavy atom. The molecule has 0 aliphatic heterocycles. The number of carboxylic acid groups (broad SMARTS) is 1. The number of hydrogen-bond acceptors (Lipinski definition) is 4. The number of amides is 2. The summed E-state index contributed by atoms with van der Waals surface area (Å²) in [6, 6.07) is 8.44. The second-order valence-corrected chi connectivity index (χ2v) is 4.33. The first-order valence-electron chi connectivity index (χ1n) is 6.30. The third kappa shape index (κ3) is 6.40. The van der Waals surface area contributed by atoms with Crippen LogP contribution in [0.4, 0.5) is 4.79 Å². The molecule has 1 aromatic rings. The summed E-state index contributed by atoms with van der Waals surface area (Å²) in [7, 11) is 1.39. The molecule has 0 saturated carbocycles. The van der Waals surface area contributed by atoms with E-state index in [-0.39, 0.29) is 13.0 Å². The smallest absolute Gasteiger partial charge is 0.315 e. The lowest BCUT2D eigenvalue weighted by atomic mass is 10.1. The van der Waals surface area contributed by atoms with Crippen molar-refractivity contribution in [2.45, 2.75) is 19.1 Å². The van der Waals surface area contributed by atoms with Gasteiger partial charge in [0.2, 0.25) is 0 Å². The Morgan fingerprint density at radius 2 is 2.00 bits per heavy atom. The third-order valence-corrected chi connectivity index (χ3v) is 2.76. The van der Waals surface area contributed by atoms with Gasteiger partial charge < -0.3 is 20.5 Å². The molecule has 0 bridgehead atoms. The highest BCUT2D eigenvalue weighted by molar-refractivity contribution is 5.74. The summed E-state index contributed by atoms with van der Waals surface area (Å²) < 4.78 is 4.95. The SMILES string of the molecule is COC(CNC(=O)NCc1ccc(C#N)cc1)CC(=O)O. The number of urea groups is 1. The number of methoxy groups -OCH3 is 1. The minimum Gasteiger partial charge on any atom is -0.481 e. The van der Waals surface area contributed by atoms with E-state index in [0.29, 0.717) is 12.1 Å². The minimum atomic E-state index is -0.985. The summed E-state index contributed by atoms with van der Waals surface area (Å²) in [5, 5.41) is 22.5. The normalized spacial score (nSPS) is 11.2. The number of hydrogen-bond donors (Lipinski definition) is 3. The monoisotopic (exact) mass is 291 g/mol. The van der Waals surface area contributed by atoms with E-state index in [1.165, 1.54) is 7.11 Å². The van der Waals surface area contributed by atoms with Gasteiger partial charge in [-0.05, 0) is 17.7 Å². The Hall–Kier alpha value is -2.59. The standard InChI is InChI=1S/C14H17N3O4/c1-21-12(6-13(18)19)9-17-14(20)16-8-11-4-2-10(7-15)3-5-11/h2-5,12H,6,8-9H2,1H3,(H,18,19)(H2,16,17,20). The van der Waals surface area contributed by atoms with Gasteiger partial charge >= 0.3 is 12.0 Å². The van der Waals surface area contributed by atoms with Gasteiger partial charge in [-0.1, -0.05) is 12.1 Å². The zero-order valence-corrected chi connectivity index (χ0v) is 11.6. The first-order chi connectivity index (χ1) is 10.0. The molecule has 0 radical (unpaired) electrons. The van der Waals surface area contributed by atoms with Crippen LogP contribution in [0.3, 0.4) is 0 Å². The quantitative estimate of drug-likeness (QED) is 0.689. The van der Waals surface area contributed by atoms with Gasteiger partial charge in [-0.15, -0.1) is 0 Å². The van der Waals surface area contributed by atoms with E-state index < -0.39 is 18.1 Å². The molecule has 112 valence electrons. The van der Waals surface area contributed by atoms with E-state index in [9.17, 15) is 9.59 Å². The molecule has 0 aliphatic carbocycles. The molecule has 1 atom stereocenters. The van der Waals surface area contributed by atoms with Gasteiger partial charge in [0.1, 0.15) is 0 Å². The zero-order chi connectivity index (χ0) is 15.7. The van der Waals surface area contributed by atoms with E-state index in [2.05, 4.69) is 10.6 Å². The van der Waals surface area contributed by atoms with Crippen molar-refractivity contribution >= 4 is 12.0 Å². The lowest BCUT2D eigenvalue weighted by Gasteiger charge is -2.14. The molecule has 1 unspecified atom stereocenters. The molecule has 7 nitrogen and oxygen atoms in total. The van der Waals surface area contributed by atoms with Crippen molar-refractivity contribution in [3.63, 3.8) is 0 Å². The van der Waals surface area contributed by atoms with Crippen LogP contribution in [0.2, 0.25) is 0 Å². The van der Waals surface area contributed by atoms with Crippen LogP contribution in [0.5, 0.6) is 0 Å². The van der Waals surface area contributed by atoms with Crippen molar-refractivity contribution in [1.29, 1.82) is 5.26 Å². The number of aliphatic carboxylic acids is 1. The van der Waals surface area contributed by atoms with Crippen molar-refractivity contribution < 1.29 is 19.4 Å². The van der Waals surface area contributed by atoms with E-state index in [1.807, 2.05) is 6.07 Å². The number of nitrogens with zero attached hydrogens (tertiary/aromatic N) is 1. The van der Waals surface area contributed by atoms with Crippen molar-refractivity contribution in [3.8, 4) is 6.07 Å². The Bertz CT molecular complexity index is 522. The number of carbonyl (C=O) groups is 2. The maximum Gasteiger partial charge on any atom is 0.315 e. The average Bonchev–Trinajstić information content (AvgIpc) is 2.49. The number of rotatable bonds is 7. The zero-order valence-electron chi connectivity index (χ0n) is 11.6. The van der Waals surface area contributed by atoms with Crippen molar-refractivity contribution in [3.05, 3.63) is 35.4 Å². The minimum absolute atomic E-state index is 0.113. The molecular formula is C14H17N3O4. The summed E-state index contributed by atoms with van der Waals surface area (Å²) in [5.41, 5.74) is 1.41. The van der Waals surface area contributed by atoms with Crippen molar-refractivity contribution in [2.24, 2.45) is 0 Å². The number of ether oxygens (including phenoxy) is 1. The van der Waals surface area contributed by atoms with Gasteiger partial charge in [0, 0.05) is 20.2 Å². The molecule has 0 spiro atoms. The molecule has 2 amide bonds. The van der Waals surface area contributed by atoms with Gasteiger partial charge in [-0.2, -0.15) is 5.26 Å². The Kier molecular flexibility index (Phi) is 6.71. The van der Waals surface area contributed by atoms with Gasteiger partial charge in [0.25, 0.3) is 0 Å². The highest BCUT2D eigenvalue weighted by Gasteiger charge is 2.13. The predicted molar refractivity (Wildman–Crippen MR) is 74.4 cm³/mol. The number of nitrogens with one attached hydrogen (secondary N) is 2. The Morgan fingerprint density at radius 3 is 2.52 bits per heavy atom. The molecule has 3 N–H and O–H groups in total. The molecule has 0 saturated heterocycles. The largest absolute Gasteiger partial charge is 0.481 e. The number of carbonyl (C=O) groups excluding carboxylic acids is 1. The predicted octanol–water partition coefficient (Wildman–Crippen LogP) is 0.847. The van der Waals surface area contributed by atoms with E-state index in [0.717, 1.165) is 5.56 Å². The molecule has 7 heteroatoms. The van der Waals surface area contributed by atoms with Crippen LogP contribution in [0, 0.1) is 11.3 Å². The summed E-state index contributed by atoms with van der Waals surface area (Å²) in [5.74, 6) is -0.985. The summed E-state index contributed by atoms with van der Waals surface area (Å²) >= 11 is 0. The average molecular weight is 291 g/mol. The first kappa shape index (κ1) is 16.5. The third-order valence-electron chi connectivity index (χ3n) is 2.76. The van der Waals surface area contributed by atoms with Crippen LogP contribution in [0.15, 0.2) is 24.3 Å². The fourth-order valence-electron chi connectivity index (χ4n) is 1.58. The van der Waals surface area contributed by atoms with Gasteiger partial charge in [-0.3, -0.25) is 4.79 Å². The fraction of sp³-hybridized carbons (Fsp3) is 0.357. The second-order valence-electron chi connectivity index (χ2n) is 4.33. The van der Waals surface area contributed by atoms with Crippen LogP contribution in [-0.2, 0) is 16.1 Å². The van der Waals surface area contributed by atoms with Crippen LogP contribution in [0.1, 0.15) is 17.5 Å². The van der Waals surface area contributed by atoms with E-state index in [4.69, 9.17) is 15.1 Å². The summed E-state index contributed by atoms with van der Waals surface area (Å²) in [6.07, 6.45) is -0.741. The Labute approximate surface area is 122 Å². The first-order valence-corrected chi connectivity index (χ1v) is 6.30. The molecular weight excluding hydrogens is 274 g/mol. The number of carboxylic acids is 1. The van der Waals surface area contributed by atoms with Crippen LogP contribution in [-0.4, -0.2) is 36.9 Å². The van der Waals surface area contributed by atoms with Crippen LogP contribution in [0.25, 0.3) is 0 Å². The molecule has 0 aliphatic rings. The number of nitriles is 1. The van der Waals surface area contributed by atoms with Crippen molar-refractivity contribution in [1.82, 2.24) is 10.6 Å². The van der Waals surface area contributed by atoms with Gasteiger partial charge in [0.15, 0.2) is 0 Å². The molecule has 0 heterocycles. The van der Waals surface area contributed by atoms with Crippen LogP contribution >= 0.6 is 0 Å². The van der Waals surface area contributed by atoms with Gasteiger partial charge in [-0.25, -0.2) is 4.79 Å². The fourth-order valence-corrected chi connectivity index (χ4v) is 1.58. The lowest BCUT2D eigenvalue weighted by molar-refractivity contribution is -0.139. The topological polar surface area (TPSA) is 111 Å². The van der Waals surface area contributed by atoms with E-state index in [1.54, 1.807) is 24.3 Å². The molecule has 1 aromatic carbocycles. The summed E-state index contributed by atoms with van der Waals surface area (Å²) in [4.78, 5) is 22.1. The van der Waals surface area contributed by atoms with Gasteiger partial charge in [0.05, 0.1) is 24.2 Å². The highest BCUT2D eigenvalue weighted by Crippen LogP contribution is 2.02. The molecule has 21 heavy (non-hydrogen) atoms. The highest BCUT2D eigenvalue weighted by atomic mass is 16.5.